The lowest BCUT2D eigenvalue weighted by molar-refractivity contribution is -0.163. The van der Waals surface area contributed by atoms with E-state index in [1.807, 2.05) is 0 Å². The van der Waals surface area contributed by atoms with E-state index in [0.29, 0.717) is 26.1 Å². The van der Waals surface area contributed by atoms with Gasteiger partial charge in [0, 0.05) is 19.4 Å². The quantitative estimate of drug-likeness (QED) is 0.0546. The number of carbonyl (C=O) groups excluding carboxylic acids is 2. The van der Waals surface area contributed by atoms with Crippen LogP contribution in [0.3, 0.4) is 0 Å². The van der Waals surface area contributed by atoms with Crippen molar-refractivity contribution in [3.05, 3.63) is 0 Å². The van der Waals surface area contributed by atoms with Gasteiger partial charge in [-0.3, -0.25) is 9.59 Å². The number of ether oxygens (including phenoxy) is 3. The molecule has 0 bridgehead atoms. The van der Waals surface area contributed by atoms with Gasteiger partial charge in [0.2, 0.25) is 0 Å². The van der Waals surface area contributed by atoms with E-state index in [4.69, 9.17) is 14.2 Å². The smallest absolute Gasteiger partial charge is 0.306 e. The van der Waals surface area contributed by atoms with Gasteiger partial charge >= 0.3 is 11.9 Å². The largest absolute Gasteiger partial charge is 0.462 e. The minimum Gasteiger partial charge on any atom is -0.462 e. The molecule has 5 nitrogen and oxygen atoms in total. The second-order valence-electron chi connectivity index (χ2n) is 12.5. The van der Waals surface area contributed by atoms with E-state index < -0.39 is 6.10 Å². The van der Waals surface area contributed by atoms with E-state index in [2.05, 4.69) is 20.8 Å². The van der Waals surface area contributed by atoms with Gasteiger partial charge in [-0.25, -0.2) is 0 Å². The maximum Gasteiger partial charge on any atom is 0.306 e. The van der Waals surface area contributed by atoms with E-state index in [1.54, 1.807) is 0 Å². The highest BCUT2D eigenvalue weighted by Gasteiger charge is 2.17. The Morgan fingerprint density at radius 2 is 0.786 bits per heavy atom. The van der Waals surface area contributed by atoms with Crippen LogP contribution in [0.2, 0.25) is 0 Å². The molecule has 250 valence electrons. The van der Waals surface area contributed by atoms with Crippen LogP contribution in [0.5, 0.6) is 0 Å². The van der Waals surface area contributed by atoms with Gasteiger partial charge in [0.15, 0.2) is 6.10 Å². The van der Waals surface area contributed by atoms with Gasteiger partial charge in [0.1, 0.15) is 6.61 Å². The molecule has 0 N–H and O–H groups in total. The van der Waals surface area contributed by atoms with Crippen molar-refractivity contribution in [1.82, 2.24) is 0 Å². The first-order valence-electron chi connectivity index (χ1n) is 18.6. The minimum absolute atomic E-state index is 0.0943. The summed E-state index contributed by atoms with van der Waals surface area (Å²) in [6.07, 6.45) is 32.4. The van der Waals surface area contributed by atoms with Gasteiger partial charge in [-0.05, 0) is 19.3 Å². The summed E-state index contributed by atoms with van der Waals surface area (Å²) >= 11 is 0. The summed E-state index contributed by atoms with van der Waals surface area (Å²) in [7, 11) is 0. The van der Waals surface area contributed by atoms with E-state index in [0.717, 1.165) is 32.1 Å². The van der Waals surface area contributed by atoms with Crippen molar-refractivity contribution in [3.63, 3.8) is 0 Å². The topological polar surface area (TPSA) is 61.8 Å². The predicted molar refractivity (Wildman–Crippen MR) is 178 cm³/mol. The van der Waals surface area contributed by atoms with Crippen molar-refractivity contribution < 1.29 is 23.8 Å². The fourth-order valence-corrected chi connectivity index (χ4v) is 5.33. The normalized spacial score (nSPS) is 12.0. The Balaban J connectivity index is 4.17. The van der Waals surface area contributed by atoms with Crippen LogP contribution in [-0.2, 0) is 23.8 Å². The van der Waals surface area contributed by atoms with E-state index >= 15 is 0 Å². The maximum absolute atomic E-state index is 12.5. The lowest BCUT2D eigenvalue weighted by atomic mass is 10.1. The van der Waals surface area contributed by atoms with Crippen molar-refractivity contribution in [2.75, 3.05) is 19.8 Å². The van der Waals surface area contributed by atoms with E-state index in [-0.39, 0.29) is 18.5 Å². The Morgan fingerprint density at radius 1 is 0.429 bits per heavy atom. The van der Waals surface area contributed by atoms with Gasteiger partial charge in [-0.15, -0.1) is 0 Å². The van der Waals surface area contributed by atoms with Crippen molar-refractivity contribution in [2.45, 2.75) is 207 Å². The Hall–Kier alpha value is -1.10. The third kappa shape index (κ3) is 31.8. The summed E-state index contributed by atoms with van der Waals surface area (Å²) in [6.45, 7) is 7.78. The molecule has 1 atom stereocenters. The molecule has 0 aliphatic rings. The molecule has 0 aromatic heterocycles. The molecule has 0 amide bonds. The lowest BCUT2D eigenvalue weighted by Crippen LogP contribution is -2.30. The van der Waals surface area contributed by atoms with Crippen molar-refractivity contribution in [3.8, 4) is 0 Å². The molecule has 0 aromatic rings. The molecule has 0 radical (unpaired) electrons. The Morgan fingerprint density at radius 3 is 1.21 bits per heavy atom. The van der Waals surface area contributed by atoms with Crippen LogP contribution in [-0.4, -0.2) is 37.9 Å². The molecule has 0 spiro atoms. The molecule has 0 saturated heterocycles. The molecule has 42 heavy (non-hydrogen) atoms. The first kappa shape index (κ1) is 40.9. The molecular formula is C37H72O5. The third-order valence-electron chi connectivity index (χ3n) is 8.14. The molecule has 0 aromatic carbocycles. The lowest BCUT2D eigenvalue weighted by Gasteiger charge is -2.18. The Bertz CT molecular complexity index is 564. The summed E-state index contributed by atoms with van der Waals surface area (Å²) in [5.41, 5.74) is 0. The summed E-state index contributed by atoms with van der Waals surface area (Å²) < 4.78 is 17.1. The first-order valence-corrected chi connectivity index (χ1v) is 18.6. The predicted octanol–water partition coefficient (Wildman–Crippen LogP) is 11.4. The van der Waals surface area contributed by atoms with Crippen LogP contribution in [0.15, 0.2) is 0 Å². The van der Waals surface area contributed by atoms with Crippen LogP contribution in [0, 0.1) is 0 Å². The van der Waals surface area contributed by atoms with Crippen LogP contribution in [0.25, 0.3) is 0 Å². The second kappa shape index (κ2) is 34.4. The molecule has 0 aliphatic heterocycles. The number of carbonyl (C=O) groups is 2. The maximum atomic E-state index is 12.5. The highest BCUT2D eigenvalue weighted by molar-refractivity contribution is 5.70. The van der Waals surface area contributed by atoms with Crippen molar-refractivity contribution in [2.24, 2.45) is 0 Å². The molecule has 0 saturated carbocycles. The Kier molecular flexibility index (Phi) is 33.5. The van der Waals surface area contributed by atoms with Crippen LogP contribution in [0.1, 0.15) is 201 Å². The fraction of sp³-hybridized carbons (Fsp3) is 0.946. The summed E-state index contributed by atoms with van der Waals surface area (Å²) in [6, 6.07) is 0. The molecule has 0 aliphatic carbocycles. The standard InChI is InChI=1S/C37H72O5/c1-4-7-10-13-16-18-20-23-26-29-32-40-33-35(42-37(39)31-28-25-21-15-12-9-6-3)34-41-36(38)30-27-24-22-19-17-14-11-8-5-2/h35H,4-34H2,1-3H3. The zero-order chi connectivity index (χ0) is 30.8. The molecule has 5 heteroatoms. The number of hydrogen-bond donors (Lipinski definition) is 0. The van der Waals surface area contributed by atoms with Crippen molar-refractivity contribution in [1.29, 1.82) is 0 Å². The molecule has 0 fully saturated rings. The molecule has 1 unspecified atom stereocenters. The minimum atomic E-state index is -0.516. The number of rotatable bonds is 34. The monoisotopic (exact) mass is 597 g/mol. The summed E-state index contributed by atoms with van der Waals surface area (Å²) in [5.74, 6) is -0.396. The van der Waals surface area contributed by atoms with Gasteiger partial charge in [-0.1, -0.05) is 168 Å². The summed E-state index contributed by atoms with van der Waals surface area (Å²) in [5, 5.41) is 0. The molecule has 0 heterocycles. The number of unbranched alkanes of at least 4 members (excludes halogenated alkanes) is 23. The van der Waals surface area contributed by atoms with Crippen LogP contribution >= 0.6 is 0 Å². The number of esters is 2. The summed E-state index contributed by atoms with van der Waals surface area (Å²) in [4.78, 5) is 24.8. The van der Waals surface area contributed by atoms with Gasteiger partial charge in [0.25, 0.3) is 0 Å². The van der Waals surface area contributed by atoms with Gasteiger partial charge < -0.3 is 14.2 Å². The van der Waals surface area contributed by atoms with Gasteiger partial charge in [-0.2, -0.15) is 0 Å². The van der Waals surface area contributed by atoms with Crippen LogP contribution < -0.4 is 0 Å². The van der Waals surface area contributed by atoms with Gasteiger partial charge in [0.05, 0.1) is 6.61 Å². The Labute approximate surface area is 262 Å². The van der Waals surface area contributed by atoms with E-state index in [9.17, 15) is 9.59 Å². The highest BCUT2D eigenvalue weighted by Crippen LogP contribution is 2.13. The zero-order valence-corrected chi connectivity index (χ0v) is 28.5. The third-order valence-corrected chi connectivity index (χ3v) is 8.14. The van der Waals surface area contributed by atoms with Crippen molar-refractivity contribution >= 4 is 11.9 Å². The highest BCUT2D eigenvalue weighted by atomic mass is 16.6. The average molecular weight is 597 g/mol. The first-order chi connectivity index (χ1) is 20.6. The second-order valence-corrected chi connectivity index (χ2v) is 12.5. The zero-order valence-electron chi connectivity index (χ0n) is 28.5. The SMILES string of the molecule is CCCCCCCCCCCCOCC(COC(=O)CCCCCCCCCCC)OC(=O)CCCCCCCCC. The fourth-order valence-electron chi connectivity index (χ4n) is 5.33. The number of hydrogen-bond acceptors (Lipinski definition) is 5. The van der Waals surface area contributed by atoms with E-state index in [1.165, 1.54) is 135 Å². The molecular weight excluding hydrogens is 524 g/mol. The molecule has 0 rings (SSSR count). The van der Waals surface area contributed by atoms with Crippen LogP contribution in [0.4, 0.5) is 0 Å². The average Bonchev–Trinajstić information content (AvgIpc) is 2.99.